The van der Waals surface area contributed by atoms with E-state index in [1.54, 1.807) is 0 Å². The molecular formula is C53H39N3OS. The number of thiophene rings is 1. The molecule has 0 bridgehead atoms. The van der Waals surface area contributed by atoms with Crippen LogP contribution in [0.5, 0.6) is 0 Å². The molecule has 1 aliphatic rings. The van der Waals surface area contributed by atoms with Crippen LogP contribution >= 0.6 is 11.3 Å². The van der Waals surface area contributed by atoms with Crippen LogP contribution in [0.3, 0.4) is 0 Å². The number of hydrogen-bond donors (Lipinski definition) is 1. The second kappa shape index (κ2) is 13.3. The Morgan fingerprint density at radius 1 is 0.603 bits per heavy atom. The SMILES string of the molecule is CC1CCC(c2ccc3c(c2)sc2ccccc23)=NC(c2ccccc2)NC1c1cc(-n2c3ccccc3c3cc4ccccc4cc32)cc2c1oc1ccccc12. The summed E-state index contributed by atoms with van der Waals surface area (Å²) in [7, 11) is 0. The first kappa shape index (κ1) is 33.6. The zero-order valence-corrected chi connectivity index (χ0v) is 32.8. The molecule has 3 aromatic heterocycles. The number of fused-ring (bicyclic) bond motifs is 10. The lowest BCUT2D eigenvalue weighted by atomic mass is 9.86. The van der Waals surface area contributed by atoms with Gasteiger partial charge in [0, 0.05) is 64.7 Å². The Morgan fingerprint density at radius 3 is 2.21 bits per heavy atom. The smallest absolute Gasteiger partial charge is 0.140 e. The monoisotopic (exact) mass is 765 g/mol. The van der Waals surface area contributed by atoms with Crippen molar-refractivity contribution in [1.29, 1.82) is 0 Å². The maximum absolute atomic E-state index is 6.88. The first-order chi connectivity index (χ1) is 28.6. The molecular weight excluding hydrogens is 727 g/mol. The molecule has 58 heavy (non-hydrogen) atoms. The number of furan rings is 1. The van der Waals surface area contributed by atoms with E-state index in [2.05, 4.69) is 187 Å². The number of benzene rings is 8. The summed E-state index contributed by atoms with van der Waals surface area (Å²) in [6.45, 7) is 2.39. The van der Waals surface area contributed by atoms with Crippen LogP contribution in [0.1, 0.15) is 48.7 Å². The van der Waals surface area contributed by atoms with Gasteiger partial charge in [-0.25, -0.2) is 0 Å². The summed E-state index contributed by atoms with van der Waals surface area (Å²) in [5.74, 6) is 0.263. The topological polar surface area (TPSA) is 42.5 Å². The Balaban J connectivity index is 1.06. The maximum Gasteiger partial charge on any atom is 0.140 e. The third kappa shape index (κ3) is 5.34. The number of nitrogens with zero attached hydrogens (tertiary/aromatic N) is 2. The van der Waals surface area contributed by atoms with Crippen LogP contribution in [-0.2, 0) is 0 Å². The van der Waals surface area contributed by atoms with E-state index in [1.165, 1.54) is 58.3 Å². The summed E-state index contributed by atoms with van der Waals surface area (Å²) in [4.78, 5) is 5.63. The number of nitrogens with one attached hydrogen (secondary N) is 1. The molecule has 0 fully saturated rings. The largest absolute Gasteiger partial charge is 0.456 e. The second-order valence-corrected chi connectivity index (χ2v) is 17.0. The fourth-order valence-electron chi connectivity index (χ4n) is 9.58. The summed E-state index contributed by atoms with van der Waals surface area (Å²) < 4.78 is 12.0. The van der Waals surface area contributed by atoms with Gasteiger partial charge in [0.15, 0.2) is 0 Å². The molecule has 3 atom stereocenters. The summed E-state index contributed by atoms with van der Waals surface area (Å²) in [6.07, 6.45) is 1.59. The third-order valence-corrected chi connectivity index (χ3v) is 13.6. The second-order valence-electron chi connectivity index (χ2n) is 15.9. The molecule has 12 rings (SSSR count). The zero-order valence-electron chi connectivity index (χ0n) is 32.0. The molecule has 0 aliphatic carbocycles. The highest BCUT2D eigenvalue weighted by Crippen LogP contribution is 2.43. The fourth-order valence-corrected chi connectivity index (χ4v) is 10.7. The van der Waals surface area contributed by atoms with Gasteiger partial charge >= 0.3 is 0 Å². The first-order valence-electron chi connectivity index (χ1n) is 20.3. The standard InChI is InChI=1S/C53H39N3OS/c1-32-23-26-45(36-24-25-41-40-19-9-12-22-49(40)58-50(41)29-36)54-53(33-13-3-2-4-14-33)55-51(32)44-31-37(30-43-39-18-8-11-21-48(39)57-52(43)44)56-46-20-10-7-17-38(46)42-27-34-15-5-6-16-35(34)28-47(42)56/h2-22,24-25,27-32,51,53,55H,23,26H2,1H3. The Hall–Kier alpha value is -6.53. The van der Waals surface area contributed by atoms with Gasteiger partial charge in [0.05, 0.1) is 11.0 Å². The van der Waals surface area contributed by atoms with Gasteiger partial charge in [-0.2, -0.15) is 0 Å². The normalized spacial score (nSPS) is 17.8. The number of para-hydroxylation sites is 2. The van der Waals surface area contributed by atoms with Crippen LogP contribution in [0, 0.1) is 5.92 Å². The van der Waals surface area contributed by atoms with Gasteiger partial charge in [0.2, 0.25) is 0 Å². The van der Waals surface area contributed by atoms with E-state index >= 15 is 0 Å². The van der Waals surface area contributed by atoms with E-state index in [0.29, 0.717) is 0 Å². The minimum absolute atomic E-state index is 0.0440. The Labute approximate surface area is 339 Å². The molecule has 1 N–H and O–H groups in total. The average molecular weight is 766 g/mol. The van der Waals surface area contributed by atoms with Crippen LogP contribution in [0.2, 0.25) is 0 Å². The molecule has 11 aromatic rings. The lowest BCUT2D eigenvalue weighted by Gasteiger charge is -2.32. The predicted molar refractivity (Wildman–Crippen MR) is 245 cm³/mol. The Morgan fingerprint density at radius 2 is 1.33 bits per heavy atom. The van der Waals surface area contributed by atoms with E-state index in [0.717, 1.165) is 57.3 Å². The molecule has 4 nitrogen and oxygen atoms in total. The minimum Gasteiger partial charge on any atom is -0.456 e. The van der Waals surface area contributed by atoms with E-state index in [4.69, 9.17) is 9.41 Å². The number of rotatable bonds is 4. The van der Waals surface area contributed by atoms with E-state index in [1.807, 2.05) is 11.3 Å². The molecule has 0 spiro atoms. The molecule has 3 unspecified atom stereocenters. The molecule has 5 heteroatoms. The summed E-state index contributed by atoms with van der Waals surface area (Å²) >= 11 is 1.87. The number of aliphatic imine (C=N–C) groups is 1. The molecule has 0 amide bonds. The number of hydrogen-bond acceptors (Lipinski definition) is 4. The van der Waals surface area contributed by atoms with Gasteiger partial charge in [0.25, 0.3) is 0 Å². The highest BCUT2D eigenvalue weighted by Gasteiger charge is 2.31. The van der Waals surface area contributed by atoms with Crippen molar-refractivity contribution in [3.05, 3.63) is 187 Å². The van der Waals surface area contributed by atoms with Crippen LogP contribution in [0.25, 0.3) is 80.4 Å². The van der Waals surface area contributed by atoms with Crippen LogP contribution < -0.4 is 5.32 Å². The zero-order chi connectivity index (χ0) is 38.3. The predicted octanol–water partition coefficient (Wildman–Crippen LogP) is 14.5. The van der Waals surface area contributed by atoms with Crippen molar-refractivity contribution in [2.24, 2.45) is 10.9 Å². The molecule has 0 radical (unpaired) electrons. The molecule has 1 aliphatic heterocycles. The van der Waals surface area contributed by atoms with E-state index in [-0.39, 0.29) is 18.1 Å². The Kier molecular flexibility index (Phi) is 7.69. The van der Waals surface area contributed by atoms with Crippen molar-refractivity contribution in [2.75, 3.05) is 0 Å². The number of aromatic nitrogens is 1. The quantitative estimate of drug-likeness (QED) is 0.194. The lowest BCUT2D eigenvalue weighted by Crippen LogP contribution is -2.33. The van der Waals surface area contributed by atoms with Crippen molar-refractivity contribution in [2.45, 2.75) is 32.0 Å². The summed E-state index contributed by atoms with van der Waals surface area (Å²) in [5.41, 5.74) is 10.0. The van der Waals surface area contributed by atoms with Gasteiger partial charge in [0.1, 0.15) is 17.3 Å². The third-order valence-electron chi connectivity index (χ3n) is 12.5. The first-order valence-corrected chi connectivity index (χ1v) is 21.1. The summed E-state index contributed by atoms with van der Waals surface area (Å²) in [6, 6.07) is 61.8. The van der Waals surface area contributed by atoms with Gasteiger partial charge in [-0.1, -0.05) is 128 Å². The fraction of sp³-hybridized carbons (Fsp3) is 0.113. The van der Waals surface area contributed by atoms with Crippen molar-refractivity contribution < 1.29 is 4.42 Å². The molecule has 4 heterocycles. The van der Waals surface area contributed by atoms with Crippen LogP contribution in [0.15, 0.2) is 179 Å². The van der Waals surface area contributed by atoms with Gasteiger partial charge in [-0.15, -0.1) is 11.3 Å². The molecule has 8 aromatic carbocycles. The van der Waals surface area contributed by atoms with Gasteiger partial charge < -0.3 is 8.98 Å². The van der Waals surface area contributed by atoms with Crippen molar-refractivity contribution >= 4 is 91.7 Å². The maximum atomic E-state index is 6.88. The highest BCUT2D eigenvalue weighted by molar-refractivity contribution is 7.25. The van der Waals surface area contributed by atoms with Gasteiger partial charge in [-0.3, -0.25) is 10.3 Å². The summed E-state index contributed by atoms with van der Waals surface area (Å²) in [5, 5.41) is 14.0. The van der Waals surface area contributed by atoms with Crippen LogP contribution in [0.4, 0.5) is 0 Å². The molecule has 0 saturated heterocycles. The van der Waals surface area contributed by atoms with Crippen molar-refractivity contribution in [3.63, 3.8) is 0 Å². The lowest BCUT2D eigenvalue weighted by molar-refractivity contribution is 0.328. The van der Waals surface area contributed by atoms with E-state index < -0.39 is 0 Å². The Bertz CT molecular complexity index is 3420. The molecule has 0 saturated carbocycles. The van der Waals surface area contributed by atoms with Crippen molar-refractivity contribution in [1.82, 2.24) is 9.88 Å². The minimum atomic E-state index is -0.259. The van der Waals surface area contributed by atoms with E-state index in [9.17, 15) is 0 Å². The van der Waals surface area contributed by atoms with Gasteiger partial charge in [-0.05, 0) is 89.2 Å². The molecule has 278 valence electrons. The van der Waals surface area contributed by atoms with Crippen molar-refractivity contribution in [3.8, 4) is 5.69 Å². The van der Waals surface area contributed by atoms with Crippen LogP contribution in [-0.4, -0.2) is 10.3 Å². The average Bonchev–Trinajstić information content (AvgIpc) is 3.93. The highest BCUT2D eigenvalue weighted by atomic mass is 32.1.